The molecule has 1 N–H and O–H groups in total. The van der Waals surface area contributed by atoms with Crippen molar-refractivity contribution < 1.29 is 0 Å². The first-order valence-electron chi connectivity index (χ1n) is 5.77. The van der Waals surface area contributed by atoms with E-state index in [0.29, 0.717) is 21.6 Å². The highest BCUT2D eigenvalue weighted by Crippen LogP contribution is 2.13. The average Bonchev–Trinajstić information content (AvgIpc) is 2.42. The molecule has 3 aromatic rings. The van der Waals surface area contributed by atoms with E-state index in [1.54, 1.807) is 36.4 Å². The molecule has 0 saturated carbocycles. The van der Waals surface area contributed by atoms with E-state index in [9.17, 15) is 9.59 Å². The first-order valence-corrected chi connectivity index (χ1v) is 7.22. The quantitative estimate of drug-likeness (QED) is 0.641. The van der Waals surface area contributed by atoms with E-state index < -0.39 is 5.69 Å². The van der Waals surface area contributed by atoms with Crippen LogP contribution in [0.3, 0.4) is 0 Å². The third-order valence-electron chi connectivity index (χ3n) is 2.94. The second kappa shape index (κ2) is 5.06. The summed E-state index contributed by atoms with van der Waals surface area (Å²) in [5.41, 5.74) is 0.211. The maximum Gasteiger partial charge on any atom is 0.333 e. The normalized spacial score (nSPS) is 10.9. The Kier molecular flexibility index (Phi) is 3.39. The molecule has 2 aromatic carbocycles. The van der Waals surface area contributed by atoms with Crippen LogP contribution in [0.2, 0.25) is 5.02 Å². The molecule has 0 atom stereocenters. The van der Waals surface area contributed by atoms with Crippen LogP contribution in [0.4, 0.5) is 0 Å². The maximum absolute atomic E-state index is 12.5. The summed E-state index contributed by atoms with van der Waals surface area (Å²) in [4.78, 5) is 27.3. The van der Waals surface area contributed by atoms with Crippen molar-refractivity contribution in [3.05, 3.63) is 71.9 Å². The molecule has 6 heteroatoms. The van der Waals surface area contributed by atoms with Crippen LogP contribution in [-0.2, 0) is 0 Å². The smallest absolute Gasteiger partial charge is 0.306 e. The number of hydrogen-bond donors (Lipinski definition) is 1. The minimum atomic E-state index is -0.467. The number of halogens is 2. The van der Waals surface area contributed by atoms with E-state index >= 15 is 0 Å². The van der Waals surface area contributed by atoms with Crippen molar-refractivity contribution in [1.29, 1.82) is 0 Å². The van der Waals surface area contributed by atoms with Crippen LogP contribution in [0, 0.1) is 3.57 Å². The molecular formula is C14H8ClIN2O2. The van der Waals surface area contributed by atoms with Crippen molar-refractivity contribution in [3.8, 4) is 5.69 Å². The Morgan fingerprint density at radius 1 is 1.05 bits per heavy atom. The van der Waals surface area contributed by atoms with Gasteiger partial charge in [-0.1, -0.05) is 11.6 Å². The summed E-state index contributed by atoms with van der Waals surface area (Å²) < 4.78 is 2.04. The second-order valence-electron chi connectivity index (χ2n) is 4.24. The van der Waals surface area contributed by atoms with Crippen molar-refractivity contribution in [2.75, 3.05) is 0 Å². The number of benzene rings is 2. The van der Waals surface area contributed by atoms with Crippen molar-refractivity contribution >= 4 is 45.1 Å². The van der Waals surface area contributed by atoms with E-state index in [4.69, 9.17) is 11.6 Å². The van der Waals surface area contributed by atoms with Gasteiger partial charge in [0.25, 0.3) is 5.56 Å². The molecule has 0 fully saturated rings. The first-order chi connectivity index (χ1) is 9.56. The van der Waals surface area contributed by atoms with Gasteiger partial charge in [-0.25, -0.2) is 9.36 Å². The first kappa shape index (κ1) is 13.4. The van der Waals surface area contributed by atoms with Crippen LogP contribution in [0.1, 0.15) is 0 Å². The van der Waals surface area contributed by atoms with Gasteiger partial charge >= 0.3 is 5.69 Å². The molecule has 0 aliphatic rings. The van der Waals surface area contributed by atoms with Crippen LogP contribution < -0.4 is 11.2 Å². The van der Waals surface area contributed by atoms with Gasteiger partial charge in [0.15, 0.2) is 0 Å². The van der Waals surface area contributed by atoms with Crippen molar-refractivity contribution in [2.24, 2.45) is 0 Å². The van der Waals surface area contributed by atoms with Crippen molar-refractivity contribution in [3.63, 3.8) is 0 Å². The lowest BCUT2D eigenvalue weighted by Gasteiger charge is -2.06. The predicted molar refractivity (Wildman–Crippen MR) is 87.9 cm³/mol. The van der Waals surface area contributed by atoms with Crippen LogP contribution in [0.5, 0.6) is 0 Å². The number of rotatable bonds is 1. The molecule has 3 rings (SSSR count). The van der Waals surface area contributed by atoms with Gasteiger partial charge in [0.05, 0.1) is 16.6 Å². The zero-order valence-electron chi connectivity index (χ0n) is 10.1. The maximum atomic E-state index is 12.5. The number of aromatic nitrogens is 2. The Morgan fingerprint density at radius 3 is 2.45 bits per heavy atom. The number of nitrogens with one attached hydrogen (secondary N) is 1. The van der Waals surface area contributed by atoms with Gasteiger partial charge in [-0.05, 0) is 65.1 Å². The molecule has 0 unspecified atom stereocenters. The van der Waals surface area contributed by atoms with Crippen LogP contribution in [0.25, 0.3) is 16.6 Å². The molecule has 0 saturated heterocycles. The van der Waals surface area contributed by atoms with Crippen molar-refractivity contribution in [1.82, 2.24) is 9.55 Å². The lowest BCUT2D eigenvalue weighted by molar-refractivity contribution is 0.901. The minimum absolute atomic E-state index is 0.343. The Balaban J connectivity index is 2.39. The molecule has 0 amide bonds. The summed E-state index contributed by atoms with van der Waals surface area (Å²) in [6, 6.07) is 11.9. The third-order valence-corrected chi connectivity index (χ3v) is 3.87. The van der Waals surface area contributed by atoms with Gasteiger partial charge in [0, 0.05) is 8.59 Å². The van der Waals surface area contributed by atoms with Gasteiger partial charge in [-0.15, -0.1) is 0 Å². The monoisotopic (exact) mass is 398 g/mol. The molecule has 0 spiro atoms. The zero-order valence-corrected chi connectivity index (χ0v) is 13.0. The Bertz CT molecular complexity index is 913. The summed E-state index contributed by atoms with van der Waals surface area (Å²) in [5.74, 6) is 0. The van der Waals surface area contributed by atoms with Crippen molar-refractivity contribution in [2.45, 2.75) is 0 Å². The van der Waals surface area contributed by atoms with Crippen LogP contribution in [0.15, 0.2) is 52.1 Å². The average molecular weight is 399 g/mol. The third kappa shape index (κ3) is 2.27. The standard InChI is InChI=1S/C14H8ClIN2O2/c15-8-1-4-10(5-2-8)18-13(19)11-7-9(16)3-6-12(11)17-14(18)20/h1-7H,(H,17,20). The lowest BCUT2D eigenvalue weighted by Crippen LogP contribution is -2.33. The molecule has 0 radical (unpaired) electrons. The molecule has 0 aliphatic carbocycles. The number of H-pyrrole nitrogens is 1. The molecule has 0 aliphatic heterocycles. The summed E-state index contributed by atoms with van der Waals surface area (Å²) >= 11 is 7.95. The highest BCUT2D eigenvalue weighted by Gasteiger charge is 2.09. The molecule has 1 heterocycles. The van der Waals surface area contributed by atoms with Crippen LogP contribution >= 0.6 is 34.2 Å². The van der Waals surface area contributed by atoms with Gasteiger partial charge in [0.2, 0.25) is 0 Å². The summed E-state index contributed by atoms with van der Waals surface area (Å²) in [7, 11) is 0. The van der Waals surface area contributed by atoms with E-state index in [1.807, 2.05) is 6.07 Å². The highest BCUT2D eigenvalue weighted by atomic mass is 127. The summed E-state index contributed by atoms with van der Waals surface area (Å²) in [6.45, 7) is 0. The number of fused-ring (bicyclic) bond motifs is 1. The number of hydrogen-bond acceptors (Lipinski definition) is 2. The zero-order chi connectivity index (χ0) is 14.3. The Morgan fingerprint density at radius 2 is 1.75 bits per heavy atom. The summed E-state index contributed by atoms with van der Waals surface area (Å²) in [6.07, 6.45) is 0. The SMILES string of the molecule is O=c1[nH]c2ccc(I)cc2c(=O)n1-c1ccc(Cl)cc1. The predicted octanol–water partition coefficient (Wildman–Crippen LogP) is 2.94. The lowest BCUT2D eigenvalue weighted by atomic mass is 10.2. The van der Waals surface area contributed by atoms with Gasteiger partial charge in [0.1, 0.15) is 0 Å². The minimum Gasteiger partial charge on any atom is -0.306 e. The molecular weight excluding hydrogens is 391 g/mol. The molecule has 4 nitrogen and oxygen atoms in total. The van der Waals surface area contributed by atoms with Gasteiger partial charge < -0.3 is 4.98 Å². The fourth-order valence-corrected chi connectivity index (χ4v) is 2.63. The fourth-order valence-electron chi connectivity index (χ4n) is 2.01. The van der Waals surface area contributed by atoms with E-state index in [1.165, 1.54) is 0 Å². The Hall–Kier alpha value is -1.60. The fraction of sp³-hybridized carbons (Fsp3) is 0. The molecule has 0 bridgehead atoms. The summed E-state index contributed by atoms with van der Waals surface area (Å²) in [5, 5.41) is 1.03. The highest BCUT2D eigenvalue weighted by molar-refractivity contribution is 14.1. The second-order valence-corrected chi connectivity index (χ2v) is 5.92. The van der Waals surface area contributed by atoms with E-state index in [2.05, 4.69) is 27.6 Å². The van der Waals surface area contributed by atoms with E-state index in [-0.39, 0.29) is 5.56 Å². The Labute approximate surface area is 132 Å². The molecule has 20 heavy (non-hydrogen) atoms. The number of nitrogens with zero attached hydrogens (tertiary/aromatic N) is 1. The topological polar surface area (TPSA) is 54.9 Å². The molecule has 100 valence electrons. The largest absolute Gasteiger partial charge is 0.333 e. The van der Waals surface area contributed by atoms with Gasteiger partial charge in [-0.2, -0.15) is 0 Å². The van der Waals surface area contributed by atoms with Gasteiger partial charge in [-0.3, -0.25) is 4.79 Å². The number of aromatic amines is 1. The molecule has 1 aromatic heterocycles. The van der Waals surface area contributed by atoms with Crippen LogP contribution in [-0.4, -0.2) is 9.55 Å². The van der Waals surface area contributed by atoms with E-state index in [0.717, 1.165) is 8.14 Å².